The lowest BCUT2D eigenvalue weighted by atomic mass is 9.80. The molecule has 0 atom stereocenters. The molecule has 0 amide bonds. The average molecular weight is 371 g/mol. The molecule has 2 fully saturated rings. The van der Waals surface area contributed by atoms with E-state index in [0.29, 0.717) is 12.0 Å². The number of hydrogen-bond donors (Lipinski definition) is 0. The van der Waals surface area contributed by atoms with Crippen molar-refractivity contribution in [2.45, 2.75) is 103 Å². The number of ether oxygens (including phenoxy) is 1. The first kappa shape index (κ1) is 22.3. The molecule has 27 heavy (non-hydrogen) atoms. The summed E-state index contributed by atoms with van der Waals surface area (Å²) in [5.74, 6) is 8.90. The molecule has 2 saturated carbocycles. The summed E-state index contributed by atoms with van der Waals surface area (Å²) in [5.41, 5.74) is 0. The van der Waals surface area contributed by atoms with Crippen LogP contribution in [0.2, 0.25) is 0 Å². The Labute approximate surface area is 169 Å². The Kier molecular flexibility index (Phi) is 11.6. The van der Waals surface area contributed by atoms with Gasteiger partial charge < -0.3 is 4.74 Å². The minimum atomic E-state index is 0.507. The maximum Gasteiger partial charge on any atom is 0.0575 e. The van der Waals surface area contributed by atoms with Crippen LogP contribution >= 0.6 is 0 Å². The molecule has 0 radical (unpaired) electrons. The van der Waals surface area contributed by atoms with Crippen LogP contribution in [-0.2, 0) is 4.74 Å². The van der Waals surface area contributed by atoms with Gasteiger partial charge >= 0.3 is 0 Å². The monoisotopic (exact) mass is 370 g/mol. The van der Waals surface area contributed by atoms with Gasteiger partial charge in [-0.1, -0.05) is 63.5 Å². The first-order chi connectivity index (χ1) is 13.3. The summed E-state index contributed by atoms with van der Waals surface area (Å²) in [6, 6.07) is 0. The third kappa shape index (κ3) is 9.66. The van der Waals surface area contributed by atoms with Gasteiger partial charge in [0.25, 0.3) is 0 Å². The van der Waals surface area contributed by atoms with Gasteiger partial charge in [-0.05, 0) is 87.7 Å². The fraction of sp³-hybridized carbons (Fsp3) is 0.769. The highest BCUT2D eigenvalue weighted by Crippen LogP contribution is 2.32. The fourth-order valence-corrected chi connectivity index (χ4v) is 4.47. The molecule has 0 aromatic heterocycles. The van der Waals surface area contributed by atoms with Gasteiger partial charge in [-0.3, -0.25) is 0 Å². The van der Waals surface area contributed by atoms with E-state index >= 15 is 0 Å². The van der Waals surface area contributed by atoms with Crippen LogP contribution in [-0.4, -0.2) is 12.7 Å². The summed E-state index contributed by atoms with van der Waals surface area (Å²) in [7, 11) is 0. The Morgan fingerprint density at radius 3 is 1.85 bits per heavy atom. The zero-order chi connectivity index (χ0) is 19.2. The predicted octanol–water partition coefficient (Wildman–Crippen LogP) is 7.47. The van der Waals surface area contributed by atoms with Crippen LogP contribution in [0.3, 0.4) is 0 Å². The maximum absolute atomic E-state index is 5.95. The standard InChI is InChI=1S/C26H42O/c1-3-5-11-23-14-16-24(17-15-23)12-9-7-8-10-13-25-18-20-26(21-19-25)27-22-6-4-2/h9-10,12-13,23-26H,3-6,11,14-22H2,1-2H3/b12-9+,13-10+/t23-,24-,25-,26-. The smallest absolute Gasteiger partial charge is 0.0575 e. The van der Waals surface area contributed by atoms with Crippen molar-refractivity contribution in [3.8, 4) is 11.8 Å². The van der Waals surface area contributed by atoms with Crippen LogP contribution in [0.15, 0.2) is 24.3 Å². The zero-order valence-electron chi connectivity index (χ0n) is 17.9. The lowest BCUT2D eigenvalue weighted by Crippen LogP contribution is -2.21. The molecule has 0 aliphatic heterocycles. The number of hydrogen-bond acceptors (Lipinski definition) is 1. The van der Waals surface area contributed by atoms with Crippen molar-refractivity contribution in [3.05, 3.63) is 24.3 Å². The summed E-state index contributed by atoms with van der Waals surface area (Å²) >= 11 is 0. The van der Waals surface area contributed by atoms with Gasteiger partial charge in [-0.15, -0.1) is 0 Å². The number of unbranched alkanes of at least 4 members (excludes halogenated alkanes) is 2. The van der Waals surface area contributed by atoms with Crippen LogP contribution in [0.4, 0.5) is 0 Å². The first-order valence-corrected chi connectivity index (χ1v) is 11.8. The highest BCUT2D eigenvalue weighted by molar-refractivity contribution is 5.24. The Morgan fingerprint density at radius 2 is 1.30 bits per heavy atom. The summed E-state index contributed by atoms with van der Waals surface area (Å²) in [5, 5.41) is 0. The second kappa shape index (κ2) is 14.1. The lowest BCUT2D eigenvalue weighted by molar-refractivity contribution is 0.0209. The molecule has 0 unspecified atom stereocenters. The molecular weight excluding hydrogens is 328 g/mol. The molecular formula is C26H42O. The third-order valence-electron chi connectivity index (χ3n) is 6.41. The number of allylic oxidation sites excluding steroid dienone is 4. The van der Waals surface area contributed by atoms with Crippen LogP contribution in [0.1, 0.15) is 97.3 Å². The molecule has 0 heterocycles. The van der Waals surface area contributed by atoms with Crippen LogP contribution in [0.5, 0.6) is 0 Å². The van der Waals surface area contributed by atoms with Crippen molar-refractivity contribution in [1.82, 2.24) is 0 Å². The van der Waals surface area contributed by atoms with Crippen molar-refractivity contribution in [2.24, 2.45) is 17.8 Å². The molecule has 0 aromatic rings. The third-order valence-corrected chi connectivity index (χ3v) is 6.41. The molecule has 0 bridgehead atoms. The van der Waals surface area contributed by atoms with Crippen molar-refractivity contribution in [3.63, 3.8) is 0 Å². The first-order valence-electron chi connectivity index (χ1n) is 11.8. The van der Waals surface area contributed by atoms with Crippen LogP contribution in [0, 0.1) is 29.6 Å². The predicted molar refractivity (Wildman–Crippen MR) is 118 cm³/mol. The Morgan fingerprint density at radius 1 is 0.741 bits per heavy atom. The molecule has 1 heteroatoms. The lowest BCUT2D eigenvalue weighted by Gasteiger charge is -2.26. The highest BCUT2D eigenvalue weighted by Gasteiger charge is 2.20. The van der Waals surface area contributed by atoms with Crippen molar-refractivity contribution in [2.75, 3.05) is 6.61 Å². The summed E-state index contributed by atoms with van der Waals surface area (Å²) < 4.78 is 5.95. The second-order valence-electron chi connectivity index (χ2n) is 8.69. The van der Waals surface area contributed by atoms with E-state index in [4.69, 9.17) is 4.74 Å². The zero-order valence-corrected chi connectivity index (χ0v) is 17.9. The molecule has 152 valence electrons. The molecule has 1 nitrogen and oxygen atoms in total. The molecule has 0 saturated heterocycles. The maximum atomic E-state index is 5.95. The Hall–Kier alpha value is -1.00. The van der Waals surface area contributed by atoms with Crippen molar-refractivity contribution >= 4 is 0 Å². The van der Waals surface area contributed by atoms with Gasteiger partial charge in [0, 0.05) is 6.61 Å². The minimum absolute atomic E-state index is 0.507. The van der Waals surface area contributed by atoms with E-state index in [1.807, 2.05) is 0 Å². The fourth-order valence-electron chi connectivity index (χ4n) is 4.47. The van der Waals surface area contributed by atoms with Crippen LogP contribution < -0.4 is 0 Å². The molecule has 2 aliphatic carbocycles. The molecule has 0 aromatic carbocycles. The summed E-state index contributed by atoms with van der Waals surface area (Å²) in [6.45, 7) is 5.47. The highest BCUT2D eigenvalue weighted by atomic mass is 16.5. The topological polar surface area (TPSA) is 9.23 Å². The van der Waals surface area contributed by atoms with E-state index in [0.717, 1.165) is 18.4 Å². The molecule has 0 spiro atoms. The Balaban J connectivity index is 1.57. The minimum Gasteiger partial charge on any atom is -0.378 e. The molecule has 2 aliphatic rings. The van der Waals surface area contributed by atoms with Gasteiger partial charge in [0.2, 0.25) is 0 Å². The van der Waals surface area contributed by atoms with Crippen molar-refractivity contribution in [1.29, 1.82) is 0 Å². The van der Waals surface area contributed by atoms with E-state index < -0.39 is 0 Å². The number of rotatable bonds is 9. The summed E-state index contributed by atoms with van der Waals surface area (Å²) in [6.07, 6.45) is 26.5. The van der Waals surface area contributed by atoms with Crippen LogP contribution in [0.25, 0.3) is 0 Å². The quantitative estimate of drug-likeness (QED) is 0.302. The van der Waals surface area contributed by atoms with E-state index in [9.17, 15) is 0 Å². The normalized spacial score (nSPS) is 29.1. The van der Waals surface area contributed by atoms with E-state index in [-0.39, 0.29) is 0 Å². The average Bonchev–Trinajstić information content (AvgIpc) is 2.71. The van der Waals surface area contributed by atoms with Gasteiger partial charge in [0.1, 0.15) is 0 Å². The van der Waals surface area contributed by atoms with E-state index in [1.54, 1.807) is 0 Å². The van der Waals surface area contributed by atoms with Gasteiger partial charge in [0.05, 0.1) is 6.10 Å². The SMILES string of the molecule is CCCCO[C@H]1CC[C@H](/C=C/C#C/C=C/[C@H]2CC[C@H](CCCC)CC2)CC1. The molecule has 0 N–H and O–H groups in total. The van der Waals surface area contributed by atoms with Crippen molar-refractivity contribution < 1.29 is 4.74 Å². The second-order valence-corrected chi connectivity index (χ2v) is 8.69. The Bertz CT molecular complexity index is 476. The van der Waals surface area contributed by atoms with Gasteiger partial charge in [-0.2, -0.15) is 0 Å². The van der Waals surface area contributed by atoms with E-state index in [1.165, 1.54) is 83.5 Å². The summed E-state index contributed by atoms with van der Waals surface area (Å²) in [4.78, 5) is 0. The van der Waals surface area contributed by atoms with E-state index in [2.05, 4.69) is 50.0 Å². The largest absolute Gasteiger partial charge is 0.378 e. The molecule has 2 rings (SSSR count). The van der Waals surface area contributed by atoms with Gasteiger partial charge in [0.15, 0.2) is 0 Å². The van der Waals surface area contributed by atoms with Gasteiger partial charge in [-0.25, -0.2) is 0 Å².